The van der Waals surface area contributed by atoms with Crippen LogP contribution in [0.5, 0.6) is 5.75 Å². The standard InChI is InChI=1S/C15H16N2O2/c1-3-16-15(18)14-9-6-12(10-17-14)11-4-7-13(19-2)8-5-11/h4-10H,3H2,1-2H3,(H,16,18). The lowest BCUT2D eigenvalue weighted by Gasteiger charge is -2.05. The van der Waals surface area contributed by atoms with Crippen LogP contribution in [-0.2, 0) is 0 Å². The Hall–Kier alpha value is -2.36. The van der Waals surface area contributed by atoms with E-state index in [2.05, 4.69) is 10.3 Å². The average molecular weight is 256 g/mol. The average Bonchev–Trinajstić information content (AvgIpc) is 2.48. The van der Waals surface area contributed by atoms with Crippen LogP contribution in [-0.4, -0.2) is 24.5 Å². The molecule has 4 nitrogen and oxygen atoms in total. The Morgan fingerprint density at radius 2 is 1.84 bits per heavy atom. The molecule has 0 saturated carbocycles. The third-order valence-corrected chi connectivity index (χ3v) is 2.76. The molecule has 4 heteroatoms. The van der Waals surface area contributed by atoms with E-state index in [1.54, 1.807) is 19.4 Å². The highest BCUT2D eigenvalue weighted by atomic mass is 16.5. The van der Waals surface area contributed by atoms with Crippen molar-refractivity contribution in [2.24, 2.45) is 0 Å². The smallest absolute Gasteiger partial charge is 0.269 e. The van der Waals surface area contributed by atoms with Gasteiger partial charge in [0.25, 0.3) is 5.91 Å². The van der Waals surface area contributed by atoms with Crippen molar-refractivity contribution < 1.29 is 9.53 Å². The highest BCUT2D eigenvalue weighted by Gasteiger charge is 2.06. The van der Waals surface area contributed by atoms with E-state index in [9.17, 15) is 4.79 Å². The molecule has 0 aliphatic carbocycles. The van der Waals surface area contributed by atoms with E-state index < -0.39 is 0 Å². The molecule has 0 bridgehead atoms. The second kappa shape index (κ2) is 6.00. The molecule has 0 unspecified atom stereocenters. The molecule has 0 spiro atoms. The largest absolute Gasteiger partial charge is 0.497 e. The Morgan fingerprint density at radius 3 is 2.37 bits per heavy atom. The van der Waals surface area contributed by atoms with Gasteiger partial charge in [0.1, 0.15) is 11.4 Å². The number of carbonyl (C=O) groups excluding carboxylic acids is 1. The molecular formula is C15H16N2O2. The van der Waals surface area contributed by atoms with Crippen LogP contribution < -0.4 is 10.1 Å². The number of carbonyl (C=O) groups is 1. The van der Waals surface area contributed by atoms with Gasteiger partial charge < -0.3 is 10.1 Å². The van der Waals surface area contributed by atoms with Gasteiger partial charge in [0.05, 0.1) is 7.11 Å². The zero-order chi connectivity index (χ0) is 13.7. The first kappa shape index (κ1) is 13.1. The lowest BCUT2D eigenvalue weighted by Crippen LogP contribution is -2.23. The van der Waals surface area contributed by atoms with Crippen molar-refractivity contribution in [1.82, 2.24) is 10.3 Å². The highest BCUT2D eigenvalue weighted by Crippen LogP contribution is 2.21. The van der Waals surface area contributed by atoms with Crippen LogP contribution in [0.3, 0.4) is 0 Å². The van der Waals surface area contributed by atoms with Crippen molar-refractivity contribution in [3.05, 3.63) is 48.3 Å². The van der Waals surface area contributed by atoms with Crippen LogP contribution in [0, 0.1) is 0 Å². The predicted molar refractivity (Wildman–Crippen MR) is 74.2 cm³/mol. The van der Waals surface area contributed by atoms with E-state index in [0.29, 0.717) is 12.2 Å². The van der Waals surface area contributed by atoms with Gasteiger partial charge in [-0.15, -0.1) is 0 Å². The molecule has 0 radical (unpaired) electrons. The molecule has 0 fully saturated rings. The third-order valence-electron chi connectivity index (χ3n) is 2.76. The number of aromatic nitrogens is 1. The van der Waals surface area contributed by atoms with Gasteiger partial charge in [-0.25, -0.2) is 0 Å². The van der Waals surface area contributed by atoms with Gasteiger partial charge in [-0.05, 0) is 30.7 Å². The van der Waals surface area contributed by atoms with Crippen LogP contribution in [0.4, 0.5) is 0 Å². The highest BCUT2D eigenvalue weighted by molar-refractivity contribution is 5.92. The maximum absolute atomic E-state index is 11.6. The molecule has 1 heterocycles. The normalized spacial score (nSPS) is 10.0. The monoisotopic (exact) mass is 256 g/mol. The van der Waals surface area contributed by atoms with Crippen LogP contribution in [0.2, 0.25) is 0 Å². The quantitative estimate of drug-likeness (QED) is 0.914. The van der Waals surface area contributed by atoms with Crippen LogP contribution >= 0.6 is 0 Å². The van der Waals surface area contributed by atoms with E-state index in [1.165, 1.54) is 0 Å². The summed E-state index contributed by atoms with van der Waals surface area (Å²) in [6.07, 6.45) is 1.70. The van der Waals surface area contributed by atoms with E-state index in [-0.39, 0.29) is 5.91 Å². The van der Waals surface area contributed by atoms with E-state index >= 15 is 0 Å². The number of hydrogen-bond acceptors (Lipinski definition) is 3. The Morgan fingerprint density at radius 1 is 1.16 bits per heavy atom. The summed E-state index contributed by atoms with van der Waals surface area (Å²) < 4.78 is 5.11. The molecule has 1 aromatic carbocycles. The first-order valence-corrected chi connectivity index (χ1v) is 6.13. The van der Waals surface area contributed by atoms with Crippen molar-refractivity contribution in [2.75, 3.05) is 13.7 Å². The summed E-state index contributed by atoms with van der Waals surface area (Å²) in [4.78, 5) is 15.8. The summed E-state index contributed by atoms with van der Waals surface area (Å²) in [5, 5.41) is 2.72. The Bertz CT molecular complexity index is 547. The number of benzene rings is 1. The number of nitrogens with zero attached hydrogens (tertiary/aromatic N) is 1. The van der Waals surface area contributed by atoms with Crippen LogP contribution in [0.1, 0.15) is 17.4 Å². The molecule has 19 heavy (non-hydrogen) atoms. The van der Waals surface area contributed by atoms with E-state index in [0.717, 1.165) is 16.9 Å². The molecule has 1 N–H and O–H groups in total. The lowest BCUT2D eigenvalue weighted by atomic mass is 10.1. The summed E-state index contributed by atoms with van der Waals surface area (Å²) in [5.41, 5.74) is 2.44. The first-order valence-electron chi connectivity index (χ1n) is 6.13. The number of hydrogen-bond donors (Lipinski definition) is 1. The number of rotatable bonds is 4. The van der Waals surface area contributed by atoms with Gasteiger partial charge >= 0.3 is 0 Å². The first-order chi connectivity index (χ1) is 9.24. The van der Waals surface area contributed by atoms with Crippen molar-refractivity contribution in [1.29, 1.82) is 0 Å². The van der Waals surface area contributed by atoms with E-state index in [4.69, 9.17) is 4.74 Å². The Labute approximate surface area is 112 Å². The van der Waals surface area contributed by atoms with Gasteiger partial charge in [-0.1, -0.05) is 18.2 Å². The number of pyridine rings is 1. The molecule has 98 valence electrons. The molecule has 0 aliphatic rings. The topological polar surface area (TPSA) is 51.2 Å². The minimum Gasteiger partial charge on any atom is -0.497 e. The molecule has 1 aromatic heterocycles. The Kier molecular flexibility index (Phi) is 4.13. The molecule has 2 rings (SSSR count). The maximum atomic E-state index is 11.6. The van der Waals surface area contributed by atoms with Gasteiger partial charge in [-0.2, -0.15) is 0 Å². The van der Waals surface area contributed by atoms with Gasteiger partial charge in [0.15, 0.2) is 0 Å². The lowest BCUT2D eigenvalue weighted by molar-refractivity contribution is 0.0951. The molecule has 1 amide bonds. The van der Waals surface area contributed by atoms with Gasteiger partial charge in [0, 0.05) is 18.3 Å². The molecule has 0 aliphatic heterocycles. The molecule has 0 saturated heterocycles. The molecule has 2 aromatic rings. The number of methoxy groups -OCH3 is 1. The fourth-order valence-corrected chi connectivity index (χ4v) is 1.73. The van der Waals surface area contributed by atoms with E-state index in [1.807, 2.05) is 37.3 Å². The van der Waals surface area contributed by atoms with Crippen molar-refractivity contribution in [3.63, 3.8) is 0 Å². The second-order valence-corrected chi connectivity index (χ2v) is 4.02. The zero-order valence-corrected chi connectivity index (χ0v) is 11.0. The number of nitrogens with one attached hydrogen (secondary N) is 1. The minimum absolute atomic E-state index is 0.149. The summed E-state index contributed by atoms with van der Waals surface area (Å²) in [7, 11) is 1.64. The van der Waals surface area contributed by atoms with Crippen molar-refractivity contribution in [2.45, 2.75) is 6.92 Å². The second-order valence-electron chi connectivity index (χ2n) is 4.02. The van der Waals surface area contributed by atoms with Crippen LogP contribution in [0.15, 0.2) is 42.6 Å². The summed E-state index contributed by atoms with van der Waals surface area (Å²) >= 11 is 0. The summed E-state index contributed by atoms with van der Waals surface area (Å²) in [6.45, 7) is 2.48. The summed E-state index contributed by atoms with van der Waals surface area (Å²) in [5.74, 6) is 0.666. The maximum Gasteiger partial charge on any atom is 0.269 e. The molecule has 0 atom stereocenters. The van der Waals surface area contributed by atoms with Gasteiger partial charge in [0.2, 0.25) is 0 Å². The van der Waals surface area contributed by atoms with Crippen LogP contribution in [0.25, 0.3) is 11.1 Å². The third kappa shape index (κ3) is 3.10. The van der Waals surface area contributed by atoms with Gasteiger partial charge in [-0.3, -0.25) is 9.78 Å². The SMILES string of the molecule is CCNC(=O)c1ccc(-c2ccc(OC)cc2)cn1. The molecular weight excluding hydrogens is 240 g/mol. The minimum atomic E-state index is -0.149. The zero-order valence-electron chi connectivity index (χ0n) is 11.0. The number of amides is 1. The fourth-order valence-electron chi connectivity index (χ4n) is 1.73. The van der Waals surface area contributed by atoms with Crippen molar-refractivity contribution >= 4 is 5.91 Å². The fraction of sp³-hybridized carbons (Fsp3) is 0.200. The van der Waals surface area contributed by atoms with Crippen molar-refractivity contribution in [3.8, 4) is 16.9 Å². The Balaban J connectivity index is 2.19. The summed E-state index contributed by atoms with van der Waals surface area (Å²) in [6, 6.07) is 11.3. The number of ether oxygens (including phenoxy) is 1. The predicted octanol–water partition coefficient (Wildman–Crippen LogP) is 2.51.